The lowest BCUT2D eigenvalue weighted by Gasteiger charge is -2.70. The van der Waals surface area contributed by atoms with Crippen molar-refractivity contribution in [1.82, 2.24) is 16.1 Å². The first-order valence-corrected chi connectivity index (χ1v) is 9.47. The number of carbonyl (C=O) groups is 2. The lowest BCUT2D eigenvalue weighted by Crippen LogP contribution is -2.84. The summed E-state index contributed by atoms with van der Waals surface area (Å²) in [6, 6.07) is 2.74. The van der Waals surface area contributed by atoms with Crippen LogP contribution in [-0.2, 0) is 14.4 Å². The Morgan fingerprint density at radius 3 is 2.59 bits per heavy atom. The fraction of sp³-hybridized carbons (Fsp3) is 0.556. The summed E-state index contributed by atoms with van der Waals surface area (Å²) in [5.41, 5.74) is 1.34. The molecule has 3 aliphatic carbocycles. The maximum Gasteiger partial charge on any atom is 0.258 e. The van der Waals surface area contributed by atoms with Crippen LogP contribution in [0.3, 0.4) is 0 Å². The van der Waals surface area contributed by atoms with Gasteiger partial charge in [0.25, 0.3) is 18.2 Å². The molecular formula is C18H19ClF3N3O4. The van der Waals surface area contributed by atoms with Gasteiger partial charge in [0.2, 0.25) is 0 Å². The average Bonchev–Trinajstić information content (AvgIpc) is 3.10. The minimum absolute atomic E-state index is 0.0356. The van der Waals surface area contributed by atoms with E-state index in [1.54, 1.807) is 0 Å². The first-order chi connectivity index (χ1) is 13.7. The van der Waals surface area contributed by atoms with E-state index in [0.29, 0.717) is 19.3 Å². The number of benzene rings is 1. The summed E-state index contributed by atoms with van der Waals surface area (Å²) in [5, 5.41) is 5.67. The Bertz CT molecular complexity index is 821. The SMILES string of the molecule is O=C(COc1ccc(Cl)c(F)c1)NC12CC(NC(=O)C3CC(C(F)F)NO3)(C1)C2. The third kappa shape index (κ3) is 4.01. The van der Waals surface area contributed by atoms with Gasteiger partial charge in [-0.15, -0.1) is 0 Å². The average molecular weight is 434 g/mol. The van der Waals surface area contributed by atoms with Crippen molar-refractivity contribution in [2.45, 2.75) is 55.3 Å². The predicted molar refractivity (Wildman–Crippen MR) is 94.9 cm³/mol. The lowest BCUT2D eigenvalue weighted by atomic mass is 9.44. The normalized spacial score (nSPS) is 32.3. The Labute approximate surface area is 169 Å². The summed E-state index contributed by atoms with van der Waals surface area (Å²) in [5.74, 6) is -1.24. The number of nitrogens with one attached hydrogen (secondary N) is 3. The summed E-state index contributed by atoms with van der Waals surface area (Å²) in [6.07, 6.45) is -2.01. The third-order valence-electron chi connectivity index (χ3n) is 5.51. The topological polar surface area (TPSA) is 88.7 Å². The van der Waals surface area contributed by atoms with Crippen LogP contribution < -0.4 is 20.9 Å². The molecule has 29 heavy (non-hydrogen) atoms. The highest BCUT2D eigenvalue weighted by Gasteiger charge is 2.69. The second-order valence-corrected chi connectivity index (χ2v) is 8.30. The van der Waals surface area contributed by atoms with E-state index in [2.05, 4.69) is 16.1 Å². The van der Waals surface area contributed by atoms with Crippen molar-refractivity contribution in [3.63, 3.8) is 0 Å². The molecule has 3 saturated carbocycles. The molecule has 0 spiro atoms. The van der Waals surface area contributed by atoms with E-state index in [1.165, 1.54) is 12.1 Å². The smallest absolute Gasteiger partial charge is 0.258 e. The molecule has 0 aromatic heterocycles. The molecule has 4 fully saturated rings. The number of ether oxygens (including phenoxy) is 1. The Kier molecular flexibility index (Phi) is 5.12. The molecule has 0 radical (unpaired) electrons. The molecule has 1 aromatic rings. The molecule has 1 heterocycles. The van der Waals surface area contributed by atoms with Gasteiger partial charge in [0.1, 0.15) is 11.6 Å². The molecule has 158 valence electrons. The van der Waals surface area contributed by atoms with Gasteiger partial charge < -0.3 is 15.4 Å². The molecule has 3 N–H and O–H groups in total. The molecule has 2 amide bonds. The van der Waals surface area contributed by atoms with Crippen LogP contribution in [0.4, 0.5) is 13.2 Å². The van der Waals surface area contributed by atoms with Crippen molar-refractivity contribution < 1.29 is 32.3 Å². The van der Waals surface area contributed by atoms with Crippen LogP contribution >= 0.6 is 11.6 Å². The van der Waals surface area contributed by atoms with Gasteiger partial charge in [0.15, 0.2) is 12.7 Å². The summed E-state index contributed by atoms with van der Waals surface area (Å²) in [7, 11) is 0. The second kappa shape index (κ2) is 7.33. The Hall–Kier alpha value is -2.04. The number of hydrogen-bond donors (Lipinski definition) is 3. The molecule has 1 aromatic carbocycles. The molecule has 1 aliphatic heterocycles. The largest absolute Gasteiger partial charge is 0.484 e. The van der Waals surface area contributed by atoms with E-state index in [4.69, 9.17) is 21.2 Å². The summed E-state index contributed by atoms with van der Waals surface area (Å²) < 4.78 is 43.9. The third-order valence-corrected chi connectivity index (χ3v) is 5.82. The first-order valence-electron chi connectivity index (χ1n) is 9.10. The van der Waals surface area contributed by atoms with Crippen molar-refractivity contribution in [2.75, 3.05) is 6.61 Å². The van der Waals surface area contributed by atoms with Gasteiger partial charge >= 0.3 is 0 Å². The Balaban J connectivity index is 1.19. The molecule has 7 nitrogen and oxygen atoms in total. The minimum atomic E-state index is -2.60. The maximum absolute atomic E-state index is 13.4. The van der Waals surface area contributed by atoms with Crippen LogP contribution in [0.1, 0.15) is 25.7 Å². The molecule has 2 atom stereocenters. The van der Waals surface area contributed by atoms with E-state index in [0.717, 1.165) is 6.07 Å². The van der Waals surface area contributed by atoms with Gasteiger partial charge in [0, 0.05) is 23.6 Å². The molecular weight excluding hydrogens is 415 g/mol. The van der Waals surface area contributed by atoms with Crippen molar-refractivity contribution >= 4 is 23.4 Å². The fourth-order valence-electron chi connectivity index (χ4n) is 4.25. The van der Waals surface area contributed by atoms with Crippen LogP contribution in [0.25, 0.3) is 0 Å². The van der Waals surface area contributed by atoms with Crippen molar-refractivity contribution in [3.8, 4) is 5.75 Å². The van der Waals surface area contributed by atoms with Gasteiger partial charge in [-0.3, -0.25) is 14.4 Å². The first kappa shape index (κ1) is 20.2. The van der Waals surface area contributed by atoms with Crippen LogP contribution in [0, 0.1) is 5.82 Å². The monoisotopic (exact) mass is 433 g/mol. The summed E-state index contributed by atoms with van der Waals surface area (Å²) >= 11 is 5.59. The standard InChI is InChI=1S/C18H19ClF3N3O4/c19-10-2-1-9(3-11(10)20)28-5-14(26)23-17-6-18(7-17,8-17)24-16(27)13-4-12(15(21)22)25-29-13/h1-3,12-13,15,25H,4-8H2,(H,23,26)(H,24,27). The van der Waals surface area contributed by atoms with Crippen LogP contribution in [0.2, 0.25) is 5.02 Å². The zero-order valence-corrected chi connectivity index (χ0v) is 15.9. The van der Waals surface area contributed by atoms with Crippen molar-refractivity contribution in [1.29, 1.82) is 0 Å². The molecule has 4 aliphatic rings. The number of alkyl halides is 2. The van der Waals surface area contributed by atoms with E-state index in [1.807, 2.05) is 0 Å². The van der Waals surface area contributed by atoms with E-state index in [9.17, 15) is 22.8 Å². The molecule has 1 saturated heterocycles. The van der Waals surface area contributed by atoms with E-state index in [-0.39, 0.29) is 29.7 Å². The maximum atomic E-state index is 13.4. The lowest BCUT2D eigenvalue weighted by molar-refractivity contribution is -0.156. The number of halogens is 4. The van der Waals surface area contributed by atoms with Crippen LogP contribution in [-0.4, -0.2) is 48.1 Å². The predicted octanol–water partition coefficient (Wildman–Crippen LogP) is 1.69. The van der Waals surface area contributed by atoms with Gasteiger partial charge in [0.05, 0.1) is 11.1 Å². The second-order valence-electron chi connectivity index (χ2n) is 7.89. The quantitative estimate of drug-likeness (QED) is 0.609. The highest BCUT2D eigenvalue weighted by Crippen LogP contribution is 2.60. The number of hydrogen-bond acceptors (Lipinski definition) is 5. The molecule has 5 rings (SSSR count). The molecule has 2 unspecified atom stereocenters. The fourth-order valence-corrected chi connectivity index (χ4v) is 4.37. The van der Waals surface area contributed by atoms with Crippen LogP contribution in [0.5, 0.6) is 5.75 Å². The van der Waals surface area contributed by atoms with E-state index < -0.39 is 41.4 Å². The van der Waals surface area contributed by atoms with Gasteiger partial charge in [-0.05, 0) is 31.4 Å². The van der Waals surface area contributed by atoms with Crippen molar-refractivity contribution in [2.24, 2.45) is 0 Å². The minimum Gasteiger partial charge on any atom is -0.484 e. The summed E-state index contributed by atoms with van der Waals surface area (Å²) in [4.78, 5) is 29.2. The highest BCUT2D eigenvalue weighted by molar-refractivity contribution is 6.30. The Morgan fingerprint density at radius 1 is 1.28 bits per heavy atom. The number of rotatable bonds is 7. The van der Waals surface area contributed by atoms with Gasteiger partial charge in [-0.2, -0.15) is 5.48 Å². The summed E-state index contributed by atoms with van der Waals surface area (Å²) in [6.45, 7) is -0.279. The van der Waals surface area contributed by atoms with Gasteiger partial charge in [-0.25, -0.2) is 13.2 Å². The zero-order valence-electron chi connectivity index (χ0n) is 15.1. The van der Waals surface area contributed by atoms with E-state index >= 15 is 0 Å². The molecule has 11 heteroatoms. The highest BCUT2D eigenvalue weighted by atomic mass is 35.5. The van der Waals surface area contributed by atoms with Crippen LogP contribution in [0.15, 0.2) is 18.2 Å². The molecule has 2 bridgehead atoms. The number of amides is 2. The zero-order chi connectivity index (χ0) is 20.8. The number of hydroxylamine groups is 1. The Morgan fingerprint density at radius 2 is 1.97 bits per heavy atom. The van der Waals surface area contributed by atoms with Gasteiger partial charge in [-0.1, -0.05) is 11.6 Å². The van der Waals surface area contributed by atoms with Crippen molar-refractivity contribution in [3.05, 3.63) is 29.0 Å². The number of carbonyl (C=O) groups excluding carboxylic acids is 2.